The van der Waals surface area contributed by atoms with Crippen LogP contribution in [-0.4, -0.2) is 100 Å². The van der Waals surface area contributed by atoms with Gasteiger partial charge in [0, 0.05) is 0 Å². The van der Waals surface area contributed by atoms with Crippen LogP contribution in [0.3, 0.4) is 0 Å². The highest BCUT2D eigenvalue weighted by molar-refractivity contribution is 5.83. The minimum absolute atomic E-state index is 0.755. The van der Waals surface area contributed by atoms with Gasteiger partial charge in [-0.25, -0.2) is 19.2 Å². The summed E-state index contributed by atoms with van der Waals surface area (Å²) in [5, 5.41) is 72.4. The summed E-state index contributed by atoms with van der Waals surface area (Å²) in [5.74, 6) is -7.57. The number of carboxylic acid groups (broad SMARTS) is 5. The first-order valence-electron chi connectivity index (χ1n) is 6.00. The van der Waals surface area contributed by atoms with Gasteiger partial charge in [-0.05, 0) is 6.92 Å². The van der Waals surface area contributed by atoms with E-state index >= 15 is 0 Å². The second-order valence-corrected chi connectivity index (χ2v) is 4.03. The quantitative estimate of drug-likeness (QED) is 0.207. The molecule has 0 heterocycles. The number of carboxylic acids is 5. The molecule has 0 radical (unpaired) electrons. The molecule has 4 atom stereocenters. The standard InChI is InChI=1S/C4H6O6.C4H6O5.C3H6O3/c5-1(3(7)8)2(6)4(9)10;5-2(4(8)9)1-3(6)7;1-2(4)3(5)6/h1-2,5-6H,(H,7,8)(H,9,10);2,5H,1H2,(H,6,7)(H,8,9);2,4H,1H3,(H,5,6). The molecule has 0 aliphatic rings. The van der Waals surface area contributed by atoms with Crippen molar-refractivity contribution in [1.29, 1.82) is 0 Å². The van der Waals surface area contributed by atoms with Gasteiger partial charge in [0.15, 0.2) is 18.3 Å². The highest BCUT2D eigenvalue weighted by Crippen LogP contribution is 1.92. The van der Waals surface area contributed by atoms with Crippen LogP contribution in [0.2, 0.25) is 0 Å². The third kappa shape index (κ3) is 17.4. The summed E-state index contributed by atoms with van der Waals surface area (Å²) in [4.78, 5) is 48.4. The zero-order valence-electron chi connectivity index (χ0n) is 12.6. The average Bonchev–Trinajstić information content (AvgIpc) is 2.45. The fourth-order valence-corrected chi connectivity index (χ4v) is 0.523. The first kappa shape index (κ1) is 27.1. The van der Waals surface area contributed by atoms with Crippen molar-refractivity contribution in [2.24, 2.45) is 0 Å². The van der Waals surface area contributed by atoms with Crippen molar-refractivity contribution in [2.75, 3.05) is 0 Å². The van der Waals surface area contributed by atoms with Gasteiger partial charge in [-0.3, -0.25) is 4.79 Å². The molecule has 0 aromatic rings. The largest absolute Gasteiger partial charge is 0.481 e. The van der Waals surface area contributed by atoms with Gasteiger partial charge < -0.3 is 46.0 Å². The number of carbonyl (C=O) groups is 5. The summed E-state index contributed by atoms with van der Waals surface area (Å²) < 4.78 is 0. The van der Waals surface area contributed by atoms with Gasteiger partial charge in [0.05, 0.1) is 6.42 Å². The Morgan fingerprint density at radius 2 is 0.920 bits per heavy atom. The first-order chi connectivity index (χ1) is 11.1. The SMILES string of the molecule is CC(O)C(=O)O.O=C(O)C(O)C(O)C(=O)O.O=C(O)CC(O)C(=O)O. The van der Waals surface area contributed by atoms with E-state index < -0.39 is 60.7 Å². The molecule has 9 N–H and O–H groups in total. The average molecular weight is 374 g/mol. The highest BCUT2D eigenvalue weighted by atomic mass is 16.4. The molecule has 14 nitrogen and oxygen atoms in total. The molecule has 0 aromatic carbocycles. The van der Waals surface area contributed by atoms with E-state index in [1.807, 2.05) is 0 Å². The van der Waals surface area contributed by atoms with Crippen LogP contribution < -0.4 is 0 Å². The summed E-state index contributed by atoms with van der Waals surface area (Å²) in [7, 11) is 0. The Morgan fingerprint density at radius 1 is 0.640 bits per heavy atom. The van der Waals surface area contributed by atoms with E-state index in [0.717, 1.165) is 0 Å². The molecule has 0 rings (SSSR count). The maximum Gasteiger partial charge on any atom is 0.335 e. The molecule has 0 saturated carbocycles. The summed E-state index contributed by atoms with van der Waals surface area (Å²) in [6.07, 6.45) is -8.31. The fraction of sp³-hybridized carbons (Fsp3) is 0.545. The van der Waals surface area contributed by atoms with Crippen LogP contribution >= 0.6 is 0 Å². The number of aliphatic hydroxyl groups is 4. The van der Waals surface area contributed by atoms with Gasteiger partial charge in [-0.2, -0.15) is 0 Å². The lowest BCUT2D eigenvalue weighted by atomic mass is 10.2. The number of aliphatic carboxylic acids is 5. The second-order valence-electron chi connectivity index (χ2n) is 4.03. The van der Waals surface area contributed by atoms with Crippen molar-refractivity contribution in [3.63, 3.8) is 0 Å². The Bertz CT molecular complexity index is 451. The number of hydrogen-bond acceptors (Lipinski definition) is 9. The Morgan fingerprint density at radius 3 is 1.00 bits per heavy atom. The van der Waals surface area contributed by atoms with Crippen LogP contribution in [0.5, 0.6) is 0 Å². The molecule has 14 heteroatoms. The van der Waals surface area contributed by atoms with E-state index in [9.17, 15) is 24.0 Å². The van der Waals surface area contributed by atoms with E-state index in [2.05, 4.69) is 0 Å². The molecule has 0 aromatic heterocycles. The van der Waals surface area contributed by atoms with E-state index in [1.165, 1.54) is 6.92 Å². The van der Waals surface area contributed by atoms with Gasteiger partial charge in [-0.15, -0.1) is 0 Å². The smallest absolute Gasteiger partial charge is 0.335 e. The van der Waals surface area contributed by atoms with Crippen molar-refractivity contribution < 1.29 is 69.9 Å². The summed E-state index contributed by atoms with van der Waals surface area (Å²) in [6, 6.07) is 0. The lowest BCUT2D eigenvalue weighted by molar-refractivity contribution is -0.165. The summed E-state index contributed by atoms with van der Waals surface area (Å²) in [6.45, 7) is 1.20. The molecule has 0 aliphatic carbocycles. The van der Waals surface area contributed by atoms with Crippen LogP contribution in [0.1, 0.15) is 13.3 Å². The van der Waals surface area contributed by atoms with Crippen molar-refractivity contribution in [3.05, 3.63) is 0 Å². The molecule has 146 valence electrons. The monoisotopic (exact) mass is 374 g/mol. The van der Waals surface area contributed by atoms with Crippen LogP contribution in [0.4, 0.5) is 0 Å². The molecule has 0 spiro atoms. The zero-order valence-corrected chi connectivity index (χ0v) is 12.6. The molecule has 0 fully saturated rings. The predicted octanol–water partition coefficient (Wildman–Crippen LogP) is -3.76. The third-order valence-corrected chi connectivity index (χ3v) is 1.82. The molecule has 0 aliphatic heterocycles. The second kappa shape index (κ2) is 13.6. The van der Waals surface area contributed by atoms with Gasteiger partial charge in [0.25, 0.3) is 0 Å². The van der Waals surface area contributed by atoms with Crippen molar-refractivity contribution >= 4 is 29.8 Å². The maximum absolute atomic E-state index is 9.77. The molecule has 25 heavy (non-hydrogen) atoms. The molecule has 0 amide bonds. The van der Waals surface area contributed by atoms with E-state index in [4.69, 9.17) is 46.0 Å². The van der Waals surface area contributed by atoms with Gasteiger partial charge in [-0.1, -0.05) is 0 Å². The van der Waals surface area contributed by atoms with Gasteiger partial charge >= 0.3 is 29.8 Å². The molecule has 4 unspecified atom stereocenters. The molecular weight excluding hydrogens is 356 g/mol. The lowest BCUT2D eigenvalue weighted by Gasteiger charge is -2.07. The topological polar surface area (TPSA) is 267 Å². The van der Waals surface area contributed by atoms with Gasteiger partial charge in [0.2, 0.25) is 0 Å². The number of hydrogen-bond donors (Lipinski definition) is 9. The first-order valence-corrected chi connectivity index (χ1v) is 6.00. The van der Waals surface area contributed by atoms with Crippen LogP contribution in [0, 0.1) is 0 Å². The van der Waals surface area contributed by atoms with Crippen LogP contribution in [-0.2, 0) is 24.0 Å². The summed E-state index contributed by atoms with van der Waals surface area (Å²) >= 11 is 0. The van der Waals surface area contributed by atoms with Crippen LogP contribution in [0.25, 0.3) is 0 Å². The minimum atomic E-state index is -2.27. The Hall–Kier alpha value is -2.81. The maximum atomic E-state index is 9.77. The van der Waals surface area contributed by atoms with E-state index in [0.29, 0.717) is 0 Å². The van der Waals surface area contributed by atoms with Crippen LogP contribution in [0.15, 0.2) is 0 Å². The fourth-order valence-electron chi connectivity index (χ4n) is 0.523. The lowest BCUT2D eigenvalue weighted by Crippen LogP contribution is -2.39. The minimum Gasteiger partial charge on any atom is -0.481 e. The van der Waals surface area contributed by atoms with Crippen molar-refractivity contribution in [2.45, 2.75) is 37.8 Å². The van der Waals surface area contributed by atoms with Crippen molar-refractivity contribution in [1.82, 2.24) is 0 Å². The molecule has 0 saturated heterocycles. The molecule has 0 bridgehead atoms. The van der Waals surface area contributed by atoms with E-state index in [-0.39, 0.29) is 0 Å². The molecular formula is C11H18O14. The van der Waals surface area contributed by atoms with Gasteiger partial charge in [0.1, 0.15) is 6.10 Å². The Balaban J connectivity index is -0.000000300. The zero-order chi connectivity index (χ0) is 20.9. The predicted molar refractivity (Wildman–Crippen MR) is 72.5 cm³/mol. The normalized spacial score (nSPS) is 14.1. The van der Waals surface area contributed by atoms with E-state index in [1.54, 1.807) is 0 Å². The number of aliphatic hydroxyl groups excluding tert-OH is 4. The highest BCUT2D eigenvalue weighted by Gasteiger charge is 2.29. The third-order valence-electron chi connectivity index (χ3n) is 1.82. The Kier molecular flexibility index (Phi) is 14.7. The summed E-state index contributed by atoms with van der Waals surface area (Å²) in [5.41, 5.74) is 0. The number of rotatable bonds is 7. The Labute approximate surface area is 138 Å². The van der Waals surface area contributed by atoms with Crippen molar-refractivity contribution in [3.8, 4) is 0 Å².